The van der Waals surface area contributed by atoms with Crippen LogP contribution >= 0.6 is 0 Å². The quantitative estimate of drug-likeness (QED) is 0.603. The summed E-state index contributed by atoms with van der Waals surface area (Å²) in [5.74, 6) is 3.47. The topological polar surface area (TPSA) is 58.9 Å². The lowest BCUT2D eigenvalue weighted by molar-refractivity contribution is -0.224. The third kappa shape index (κ3) is 3.54. The van der Waals surface area contributed by atoms with E-state index in [4.69, 9.17) is 9.47 Å². The van der Waals surface area contributed by atoms with Crippen molar-refractivity contribution in [1.29, 1.82) is 0 Å². The standard InChI is InChI=1S/C27H46O4/c1-16-13-19(31-24-7-5-6-12-30-24)14-18-8-9-20-22(27(16,18)4)10-11-26(3)23(29)15-21(17(2)28)25(20)26/h16-25,28-29H,5-15H2,1-4H3/t16-,17-,18-,19+,20+,21-,22-,23-,24?,25+,26+,27-/m0/s1. The van der Waals surface area contributed by atoms with E-state index in [1.54, 1.807) is 0 Å². The first-order chi connectivity index (χ1) is 14.7. The van der Waals surface area contributed by atoms with Gasteiger partial charge in [0.2, 0.25) is 0 Å². The summed E-state index contributed by atoms with van der Waals surface area (Å²) < 4.78 is 12.4. The summed E-state index contributed by atoms with van der Waals surface area (Å²) in [5, 5.41) is 21.6. The molecular weight excluding hydrogens is 388 g/mol. The normalized spacial score (nSPS) is 55.7. The first kappa shape index (κ1) is 22.6. The number of aliphatic hydroxyl groups is 2. The molecular formula is C27H46O4. The summed E-state index contributed by atoms with van der Waals surface area (Å²) in [6, 6.07) is 0. The van der Waals surface area contributed by atoms with Crippen LogP contribution in [0, 0.1) is 46.3 Å². The fraction of sp³-hybridized carbons (Fsp3) is 1.00. The zero-order valence-electron chi connectivity index (χ0n) is 20.3. The molecule has 1 heterocycles. The number of ether oxygens (including phenoxy) is 2. The lowest BCUT2D eigenvalue weighted by Crippen LogP contribution is -2.58. The molecule has 4 saturated carbocycles. The predicted molar refractivity (Wildman–Crippen MR) is 121 cm³/mol. The maximum absolute atomic E-state index is 11.0. The molecule has 12 atom stereocenters. The highest BCUT2D eigenvalue weighted by Crippen LogP contribution is 2.68. The molecule has 0 aromatic rings. The molecule has 0 radical (unpaired) electrons. The van der Waals surface area contributed by atoms with E-state index in [-0.39, 0.29) is 29.8 Å². The Kier molecular flexibility index (Phi) is 6.02. The van der Waals surface area contributed by atoms with Gasteiger partial charge in [-0.25, -0.2) is 0 Å². The van der Waals surface area contributed by atoms with Crippen LogP contribution in [0.1, 0.15) is 91.9 Å². The van der Waals surface area contributed by atoms with E-state index in [1.807, 2.05) is 6.92 Å². The van der Waals surface area contributed by atoms with Crippen molar-refractivity contribution in [3.05, 3.63) is 0 Å². The molecule has 0 aromatic carbocycles. The van der Waals surface area contributed by atoms with Gasteiger partial charge in [0, 0.05) is 6.61 Å². The van der Waals surface area contributed by atoms with Crippen molar-refractivity contribution in [3.8, 4) is 0 Å². The van der Waals surface area contributed by atoms with Crippen LogP contribution in [0.15, 0.2) is 0 Å². The van der Waals surface area contributed by atoms with Crippen molar-refractivity contribution < 1.29 is 19.7 Å². The Morgan fingerprint density at radius 3 is 2.55 bits per heavy atom. The third-order valence-electron chi connectivity index (χ3n) is 11.3. The van der Waals surface area contributed by atoms with Gasteiger partial charge in [-0.15, -0.1) is 0 Å². The summed E-state index contributed by atoms with van der Waals surface area (Å²) >= 11 is 0. The third-order valence-corrected chi connectivity index (χ3v) is 11.3. The summed E-state index contributed by atoms with van der Waals surface area (Å²) in [5.41, 5.74) is 0.349. The first-order valence-electron chi connectivity index (χ1n) is 13.4. The molecule has 5 aliphatic rings. The van der Waals surface area contributed by atoms with Gasteiger partial charge in [0.1, 0.15) is 0 Å². The van der Waals surface area contributed by atoms with Crippen LogP contribution in [0.25, 0.3) is 0 Å². The molecule has 5 rings (SSSR count). The van der Waals surface area contributed by atoms with Crippen LogP contribution < -0.4 is 0 Å². The van der Waals surface area contributed by atoms with E-state index in [0.717, 1.165) is 44.1 Å². The molecule has 5 fully saturated rings. The fourth-order valence-corrected chi connectivity index (χ4v) is 9.46. The van der Waals surface area contributed by atoms with Crippen molar-refractivity contribution in [2.45, 2.75) is 117 Å². The van der Waals surface area contributed by atoms with E-state index < -0.39 is 0 Å². The van der Waals surface area contributed by atoms with Gasteiger partial charge in [-0.1, -0.05) is 20.8 Å². The molecule has 1 unspecified atom stereocenters. The zero-order valence-corrected chi connectivity index (χ0v) is 20.3. The van der Waals surface area contributed by atoms with Crippen LogP contribution in [-0.2, 0) is 9.47 Å². The molecule has 178 valence electrons. The molecule has 1 saturated heterocycles. The van der Waals surface area contributed by atoms with Crippen LogP contribution in [0.5, 0.6) is 0 Å². The van der Waals surface area contributed by atoms with Crippen LogP contribution in [-0.4, -0.2) is 41.4 Å². The lowest BCUT2D eigenvalue weighted by Gasteiger charge is -2.63. The molecule has 4 aliphatic carbocycles. The van der Waals surface area contributed by atoms with E-state index >= 15 is 0 Å². The number of aliphatic hydroxyl groups excluding tert-OH is 2. The molecule has 4 heteroatoms. The Bertz CT molecular complexity index is 645. The summed E-state index contributed by atoms with van der Waals surface area (Å²) in [6.45, 7) is 10.2. The van der Waals surface area contributed by atoms with E-state index in [9.17, 15) is 10.2 Å². The molecule has 31 heavy (non-hydrogen) atoms. The van der Waals surface area contributed by atoms with Gasteiger partial charge in [0.05, 0.1) is 18.3 Å². The minimum absolute atomic E-state index is 0.00606. The maximum Gasteiger partial charge on any atom is 0.157 e. The Labute approximate surface area is 189 Å². The Morgan fingerprint density at radius 1 is 1.03 bits per heavy atom. The average Bonchev–Trinajstić information content (AvgIpc) is 3.01. The molecule has 0 spiro atoms. The van der Waals surface area contributed by atoms with Gasteiger partial charge in [-0.05, 0) is 117 Å². The van der Waals surface area contributed by atoms with Gasteiger partial charge >= 0.3 is 0 Å². The fourth-order valence-electron chi connectivity index (χ4n) is 9.46. The minimum Gasteiger partial charge on any atom is -0.393 e. The number of hydrogen-bond acceptors (Lipinski definition) is 4. The molecule has 4 nitrogen and oxygen atoms in total. The monoisotopic (exact) mass is 434 g/mol. The van der Waals surface area contributed by atoms with Crippen molar-refractivity contribution in [3.63, 3.8) is 0 Å². The minimum atomic E-state index is -0.317. The van der Waals surface area contributed by atoms with Crippen LogP contribution in [0.3, 0.4) is 0 Å². The summed E-state index contributed by atoms with van der Waals surface area (Å²) in [7, 11) is 0. The van der Waals surface area contributed by atoms with Gasteiger partial charge in [-0.3, -0.25) is 0 Å². The van der Waals surface area contributed by atoms with Crippen LogP contribution in [0.2, 0.25) is 0 Å². The van der Waals surface area contributed by atoms with Crippen molar-refractivity contribution >= 4 is 0 Å². The number of fused-ring (bicyclic) bond motifs is 5. The molecule has 1 aliphatic heterocycles. The van der Waals surface area contributed by atoms with Crippen molar-refractivity contribution in [2.24, 2.45) is 46.3 Å². The second-order valence-corrected chi connectivity index (χ2v) is 12.6. The Morgan fingerprint density at radius 2 is 1.84 bits per heavy atom. The second kappa shape index (κ2) is 8.25. The second-order valence-electron chi connectivity index (χ2n) is 12.6. The molecule has 2 N–H and O–H groups in total. The van der Waals surface area contributed by atoms with E-state index in [2.05, 4.69) is 20.8 Å². The zero-order chi connectivity index (χ0) is 22.0. The number of rotatable bonds is 3. The summed E-state index contributed by atoms with van der Waals surface area (Å²) in [4.78, 5) is 0. The average molecular weight is 435 g/mol. The van der Waals surface area contributed by atoms with Gasteiger partial charge < -0.3 is 19.7 Å². The molecule has 0 aromatic heterocycles. The van der Waals surface area contributed by atoms with Crippen LogP contribution in [0.4, 0.5) is 0 Å². The maximum atomic E-state index is 11.0. The highest BCUT2D eigenvalue weighted by atomic mass is 16.7. The van der Waals surface area contributed by atoms with Gasteiger partial charge in [-0.2, -0.15) is 0 Å². The van der Waals surface area contributed by atoms with Gasteiger partial charge in [0.15, 0.2) is 6.29 Å². The van der Waals surface area contributed by atoms with E-state index in [0.29, 0.717) is 29.3 Å². The first-order valence-corrected chi connectivity index (χ1v) is 13.4. The lowest BCUT2D eigenvalue weighted by atomic mass is 9.42. The highest BCUT2D eigenvalue weighted by Gasteiger charge is 2.64. The predicted octanol–water partition coefficient (Wildman–Crippen LogP) is 5.15. The van der Waals surface area contributed by atoms with Crippen molar-refractivity contribution in [1.82, 2.24) is 0 Å². The Hall–Kier alpha value is -0.160. The highest BCUT2D eigenvalue weighted by molar-refractivity contribution is 5.13. The Balaban J connectivity index is 1.35. The molecule has 0 amide bonds. The smallest absolute Gasteiger partial charge is 0.157 e. The SMILES string of the molecule is C[C@H](O)[C@@H]1C[C@H](O)[C@@]2(C)CC[C@H]3[C@@H](CC[C@H]4C[C@H](OC5CCCCO5)C[C@H](C)[C@@]43C)[C@H]12. The molecule has 0 bridgehead atoms. The summed E-state index contributed by atoms with van der Waals surface area (Å²) in [6.07, 6.45) is 11.3. The number of hydrogen-bond donors (Lipinski definition) is 2. The van der Waals surface area contributed by atoms with E-state index in [1.165, 1.54) is 38.5 Å². The van der Waals surface area contributed by atoms with Crippen molar-refractivity contribution in [2.75, 3.05) is 6.61 Å². The largest absolute Gasteiger partial charge is 0.393 e. The van der Waals surface area contributed by atoms with Gasteiger partial charge in [0.25, 0.3) is 0 Å².